The molecule has 2 aromatic carbocycles. The number of aliphatic hydroxyl groups is 1. The van der Waals surface area contributed by atoms with Crippen LogP contribution in [0.4, 0.5) is 4.79 Å². The normalized spacial score (nSPS) is 19.7. The number of benzene rings is 2. The number of likely N-dealkylation sites (tertiary alicyclic amines) is 1. The molecule has 8 nitrogen and oxygen atoms in total. The van der Waals surface area contributed by atoms with Crippen LogP contribution in [0.5, 0.6) is 0 Å². The number of aliphatic carboxylic acids is 1. The SMILES string of the molecule is CC(CCNC(=O)OCC1c2ccccc2-c2ccccc21)CCC(=O)N1CC(O)CC1C(=O)O. The van der Waals surface area contributed by atoms with Crippen molar-refractivity contribution in [3.8, 4) is 11.1 Å². The van der Waals surface area contributed by atoms with E-state index in [1.54, 1.807) is 0 Å². The highest BCUT2D eigenvalue weighted by Gasteiger charge is 2.38. The van der Waals surface area contributed by atoms with Crippen LogP contribution in [0.3, 0.4) is 0 Å². The van der Waals surface area contributed by atoms with Crippen LogP contribution in [0.15, 0.2) is 48.5 Å². The molecule has 1 heterocycles. The van der Waals surface area contributed by atoms with E-state index in [1.807, 2.05) is 31.2 Å². The fraction of sp³-hybridized carbons (Fsp3) is 0.444. The summed E-state index contributed by atoms with van der Waals surface area (Å²) in [5.41, 5.74) is 4.68. The predicted molar refractivity (Wildman–Crippen MR) is 130 cm³/mol. The average Bonchev–Trinajstić information content (AvgIpc) is 3.39. The van der Waals surface area contributed by atoms with E-state index in [1.165, 1.54) is 16.0 Å². The molecular weight excluding hydrogens is 448 g/mol. The third kappa shape index (κ3) is 5.65. The van der Waals surface area contributed by atoms with Crippen molar-refractivity contribution in [1.82, 2.24) is 10.2 Å². The van der Waals surface area contributed by atoms with E-state index in [0.29, 0.717) is 19.4 Å². The van der Waals surface area contributed by atoms with Crippen LogP contribution in [0.1, 0.15) is 49.7 Å². The summed E-state index contributed by atoms with van der Waals surface area (Å²) in [4.78, 5) is 37.3. The van der Waals surface area contributed by atoms with E-state index >= 15 is 0 Å². The Hall–Kier alpha value is -3.39. The largest absolute Gasteiger partial charge is 0.480 e. The molecule has 1 fully saturated rings. The first-order chi connectivity index (χ1) is 16.8. The summed E-state index contributed by atoms with van der Waals surface area (Å²) >= 11 is 0. The van der Waals surface area contributed by atoms with E-state index < -0.39 is 24.2 Å². The zero-order valence-electron chi connectivity index (χ0n) is 19.9. The molecule has 186 valence electrons. The second-order valence-corrected chi connectivity index (χ2v) is 9.47. The smallest absolute Gasteiger partial charge is 0.407 e. The number of carboxylic acids is 1. The molecule has 4 rings (SSSR count). The van der Waals surface area contributed by atoms with E-state index in [-0.39, 0.29) is 43.7 Å². The number of ether oxygens (including phenoxy) is 1. The Labute approximate surface area is 204 Å². The quantitative estimate of drug-likeness (QED) is 0.507. The zero-order chi connectivity index (χ0) is 24.9. The van der Waals surface area contributed by atoms with Crippen molar-refractivity contribution in [3.05, 3.63) is 59.7 Å². The van der Waals surface area contributed by atoms with Gasteiger partial charge in [0.15, 0.2) is 0 Å². The molecule has 2 aliphatic rings. The van der Waals surface area contributed by atoms with Gasteiger partial charge in [0.05, 0.1) is 6.10 Å². The van der Waals surface area contributed by atoms with Gasteiger partial charge < -0.3 is 25.2 Å². The number of carbonyl (C=O) groups excluding carboxylic acids is 2. The maximum Gasteiger partial charge on any atom is 0.407 e. The number of nitrogens with one attached hydrogen (secondary N) is 1. The Kier molecular flexibility index (Phi) is 7.70. The molecule has 1 aliphatic heterocycles. The van der Waals surface area contributed by atoms with Crippen LogP contribution in [0.2, 0.25) is 0 Å². The van der Waals surface area contributed by atoms with Crippen molar-refractivity contribution >= 4 is 18.0 Å². The molecule has 35 heavy (non-hydrogen) atoms. The fourth-order valence-electron chi connectivity index (χ4n) is 5.05. The zero-order valence-corrected chi connectivity index (χ0v) is 19.9. The Morgan fingerprint density at radius 2 is 1.69 bits per heavy atom. The van der Waals surface area contributed by atoms with Crippen molar-refractivity contribution < 1.29 is 29.3 Å². The van der Waals surface area contributed by atoms with Crippen molar-refractivity contribution in [3.63, 3.8) is 0 Å². The number of alkyl carbamates (subject to hydrolysis) is 1. The molecule has 1 saturated heterocycles. The molecule has 3 atom stereocenters. The van der Waals surface area contributed by atoms with Gasteiger partial charge in [-0.25, -0.2) is 9.59 Å². The molecule has 0 saturated carbocycles. The Morgan fingerprint density at radius 3 is 2.31 bits per heavy atom. The van der Waals surface area contributed by atoms with Crippen LogP contribution >= 0.6 is 0 Å². The molecule has 8 heteroatoms. The number of amides is 2. The molecule has 3 N–H and O–H groups in total. The number of carboxylic acid groups (broad SMARTS) is 1. The molecule has 0 aromatic heterocycles. The molecule has 3 unspecified atom stereocenters. The minimum absolute atomic E-state index is 0.0109. The van der Waals surface area contributed by atoms with Gasteiger partial charge >= 0.3 is 12.1 Å². The highest BCUT2D eigenvalue weighted by molar-refractivity contribution is 5.84. The van der Waals surface area contributed by atoms with Gasteiger partial charge in [-0.1, -0.05) is 55.5 Å². The van der Waals surface area contributed by atoms with Gasteiger partial charge in [0, 0.05) is 31.8 Å². The van der Waals surface area contributed by atoms with Gasteiger partial charge in [0.1, 0.15) is 12.6 Å². The third-order valence-electron chi connectivity index (χ3n) is 6.99. The maximum absolute atomic E-state index is 12.4. The van der Waals surface area contributed by atoms with Gasteiger partial charge in [0.2, 0.25) is 5.91 Å². The Bertz CT molecular complexity index is 1040. The van der Waals surface area contributed by atoms with Crippen molar-refractivity contribution in [2.45, 2.75) is 50.7 Å². The van der Waals surface area contributed by atoms with E-state index in [2.05, 4.69) is 29.6 Å². The molecule has 0 bridgehead atoms. The lowest BCUT2D eigenvalue weighted by atomic mass is 9.98. The first-order valence-electron chi connectivity index (χ1n) is 12.1. The average molecular weight is 481 g/mol. The molecular formula is C27H32N2O6. The molecule has 2 amide bonds. The van der Waals surface area contributed by atoms with E-state index in [0.717, 1.165) is 11.1 Å². The lowest BCUT2D eigenvalue weighted by molar-refractivity contribution is -0.148. The molecule has 0 radical (unpaired) electrons. The summed E-state index contributed by atoms with van der Waals surface area (Å²) in [6.07, 6.45) is 0.264. The van der Waals surface area contributed by atoms with Gasteiger partial charge in [-0.05, 0) is 41.0 Å². The first kappa shape index (κ1) is 24.7. The summed E-state index contributed by atoms with van der Waals surface area (Å²) in [7, 11) is 0. The number of aliphatic hydroxyl groups excluding tert-OH is 1. The van der Waals surface area contributed by atoms with Crippen LogP contribution in [0.25, 0.3) is 11.1 Å². The second-order valence-electron chi connectivity index (χ2n) is 9.47. The number of carbonyl (C=O) groups is 3. The molecule has 2 aromatic rings. The maximum atomic E-state index is 12.4. The lowest BCUT2D eigenvalue weighted by Crippen LogP contribution is -2.40. The number of fused-ring (bicyclic) bond motifs is 3. The van der Waals surface area contributed by atoms with Crippen LogP contribution < -0.4 is 5.32 Å². The highest BCUT2D eigenvalue weighted by atomic mass is 16.5. The van der Waals surface area contributed by atoms with E-state index in [4.69, 9.17) is 4.74 Å². The van der Waals surface area contributed by atoms with Crippen molar-refractivity contribution in [2.75, 3.05) is 19.7 Å². The number of hydrogen-bond acceptors (Lipinski definition) is 5. The minimum atomic E-state index is -1.09. The van der Waals surface area contributed by atoms with Crippen molar-refractivity contribution in [1.29, 1.82) is 0 Å². The van der Waals surface area contributed by atoms with Crippen molar-refractivity contribution in [2.24, 2.45) is 5.92 Å². The number of rotatable bonds is 9. The lowest BCUT2D eigenvalue weighted by Gasteiger charge is -2.22. The minimum Gasteiger partial charge on any atom is -0.480 e. The fourth-order valence-corrected chi connectivity index (χ4v) is 5.05. The third-order valence-corrected chi connectivity index (χ3v) is 6.99. The predicted octanol–water partition coefficient (Wildman–Crippen LogP) is 3.38. The van der Waals surface area contributed by atoms with Crippen LogP contribution in [0, 0.1) is 5.92 Å². The standard InChI is InChI=1S/C27H32N2O6/c1-17(10-11-25(31)29-15-18(30)14-24(29)26(32)33)12-13-28-27(34)35-16-23-21-8-4-2-6-19(21)20-7-3-5-9-22(20)23/h2-9,17-18,23-24,30H,10-16H2,1H3,(H,28,34)(H,32,33). The van der Waals surface area contributed by atoms with Crippen LogP contribution in [-0.2, 0) is 14.3 Å². The topological polar surface area (TPSA) is 116 Å². The van der Waals surface area contributed by atoms with E-state index in [9.17, 15) is 24.6 Å². The summed E-state index contributed by atoms with van der Waals surface area (Å²) in [6.45, 7) is 2.73. The summed E-state index contributed by atoms with van der Waals surface area (Å²) in [5.74, 6) is -1.18. The monoisotopic (exact) mass is 480 g/mol. The molecule has 1 aliphatic carbocycles. The highest BCUT2D eigenvalue weighted by Crippen LogP contribution is 2.44. The van der Waals surface area contributed by atoms with Gasteiger partial charge in [-0.3, -0.25) is 4.79 Å². The second kappa shape index (κ2) is 10.9. The van der Waals surface area contributed by atoms with Gasteiger partial charge in [-0.15, -0.1) is 0 Å². The number of nitrogens with zero attached hydrogens (tertiary/aromatic N) is 1. The Balaban J connectivity index is 1.18. The molecule has 0 spiro atoms. The summed E-state index contributed by atoms with van der Waals surface area (Å²) in [5, 5.41) is 21.8. The Morgan fingerprint density at radius 1 is 1.06 bits per heavy atom. The first-order valence-corrected chi connectivity index (χ1v) is 12.1. The van der Waals surface area contributed by atoms with Gasteiger partial charge in [0.25, 0.3) is 0 Å². The van der Waals surface area contributed by atoms with Crippen LogP contribution in [-0.4, -0.2) is 64.9 Å². The number of hydrogen-bond donors (Lipinski definition) is 3. The van der Waals surface area contributed by atoms with Gasteiger partial charge in [-0.2, -0.15) is 0 Å². The number of β-amino-alcohol motifs (C(OH)–C–C–N with tert-alkyl or cyclic N) is 1. The summed E-state index contributed by atoms with van der Waals surface area (Å²) in [6, 6.07) is 15.4. The summed E-state index contributed by atoms with van der Waals surface area (Å²) < 4.78 is 5.54.